The highest BCUT2D eigenvalue weighted by Gasteiger charge is 2.36. The molecule has 0 amide bonds. The van der Waals surface area contributed by atoms with Crippen LogP contribution in [0, 0.1) is 0 Å². The first-order valence-electron chi connectivity index (χ1n) is 8.10. The lowest BCUT2D eigenvalue weighted by Gasteiger charge is -2.27. The van der Waals surface area contributed by atoms with E-state index in [4.69, 9.17) is 24.7 Å². The van der Waals surface area contributed by atoms with E-state index in [0.717, 1.165) is 43.9 Å². The lowest BCUT2D eigenvalue weighted by molar-refractivity contribution is 0.0606. The Labute approximate surface area is 137 Å². The van der Waals surface area contributed by atoms with Gasteiger partial charge in [0.25, 0.3) is 0 Å². The van der Waals surface area contributed by atoms with Crippen LogP contribution in [0.4, 0.5) is 0 Å². The first kappa shape index (κ1) is 16.4. The van der Waals surface area contributed by atoms with Crippen molar-refractivity contribution in [1.29, 1.82) is 0 Å². The van der Waals surface area contributed by atoms with Crippen molar-refractivity contribution in [3.05, 3.63) is 17.2 Å². The van der Waals surface area contributed by atoms with Gasteiger partial charge in [0.1, 0.15) is 0 Å². The molecule has 1 aromatic carbocycles. The van der Waals surface area contributed by atoms with Crippen molar-refractivity contribution in [2.75, 3.05) is 41.0 Å². The van der Waals surface area contributed by atoms with Gasteiger partial charge in [-0.3, -0.25) is 4.90 Å². The Morgan fingerprint density at radius 3 is 2.57 bits per heavy atom. The van der Waals surface area contributed by atoms with Gasteiger partial charge >= 0.3 is 0 Å². The molecule has 0 radical (unpaired) electrons. The summed E-state index contributed by atoms with van der Waals surface area (Å²) in [7, 11) is 4.93. The molecule has 2 atom stereocenters. The Kier molecular flexibility index (Phi) is 4.94. The predicted octanol–water partition coefficient (Wildman–Crippen LogP) is 1.71. The van der Waals surface area contributed by atoms with Crippen LogP contribution in [0.2, 0.25) is 0 Å². The molecule has 0 bridgehead atoms. The van der Waals surface area contributed by atoms with Crippen molar-refractivity contribution in [2.24, 2.45) is 5.73 Å². The van der Waals surface area contributed by atoms with Crippen LogP contribution < -0.4 is 19.9 Å². The molecule has 2 unspecified atom stereocenters. The van der Waals surface area contributed by atoms with Crippen LogP contribution >= 0.6 is 0 Å². The van der Waals surface area contributed by atoms with Crippen LogP contribution in [0.25, 0.3) is 0 Å². The monoisotopic (exact) mass is 322 g/mol. The zero-order chi connectivity index (χ0) is 16.4. The normalized spacial score (nSPS) is 23.8. The van der Waals surface area contributed by atoms with Gasteiger partial charge in [-0.2, -0.15) is 0 Å². The highest BCUT2D eigenvalue weighted by molar-refractivity contribution is 5.61. The van der Waals surface area contributed by atoms with Crippen LogP contribution in [0.1, 0.15) is 30.0 Å². The minimum absolute atomic E-state index is 0.115. The van der Waals surface area contributed by atoms with Crippen LogP contribution in [0.3, 0.4) is 0 Å². The van der Waals surface area contributed by atoms with E-state index in [-0.39, 0.29) is 6.04 Å². The predicted molar refractivity (Wildman–Crippen MR) is 87.3 cm³/mol. The fraction of sp³-hybridized carbons (Fsp3) is 0.647. The van der Waals surface area contributed by atoms with E-state index >= 15 is 0 Å². The van der Waals surface area contributed by atoms with Gasteiger partial charge in [-0.05, 0) is 24.5 Å². The summed E-state index contributed by atoms with van der Waals surface area (Å²) in [6.07, 6.45) is 2.56. The molecule has 0 saturated carbocycles. The second kappa shape index (κ2) is 6.95. The molecule has 2 heterocycles. The number of methoxy groups -OCH3 is 3. The minimum Gasteiger partial charge on any atom is -0.493 e. The van der Waals surface area contributed by atoms with E-state index in [9.17, 15) is 0 Å². The quantitative estimate of drug-likeness (QED) is 0.860. The Bertz CT molecular complexity index is 558. The van der Waals surface area contributed by atoms with E-state index in [1.807, 2.05) is 6.07 Å². The van der Waals surface area contributed by atoms with E-state index in [0.29, 0.717) is 24.1 Å². The summed E-state index contributed by atoms with van der Waals surface area (Å²) in [5.41, 5.74) is 8.39. The highest BCUT2D eigenvalue weighted by atomic mass is 16.5. The molecule has 0 aliphatic carbocycles. The van der Waals surface area contributed by atoms with Crippen molar-refractivity contribution < 1.29 is 18.9 Å². The van der Waals surface area contributed by atoms with Crippen LogP contribution in [0.15, 0.2) is 6.07 Å². The number of nitrogens with two attached hydrogens (primary N) is 1. The average molecular weight is 322 g/mol. The number of hydrogen-bond donors (Lipinski definition) is 1. The Hall–Kier alpha value is -1.50. The summed E-state index contributed by atoms with van der Waals surface area (Å²) in [6.45, 7) is 3.12. The summed E-state index contributed by atoms with van der Waals surface area (Å²) in [6, 6.07) is 2.15. The molecule has 1 fully saturated rings. The molecular formula is C17H26N2O4. The molecule has 1 saturated heterocycles. The van der Waals surface area contributed by atoms with E-state index in [1.165, 1.54) is 5.56 Å². The second-order valence-electron chi connectivity index (χ2n) is 6.03. The van der Waals surface area contributed by atoms with Crippen LogP contribution in [-0.2, 0) is 11.3 Å². The molecule has 128 valence electrons. The standard InChI is InChI=1S/C17H26N2O4/c1-20-14-7-11-9-19(10-12-5-4-6-23-12)13(8-18)15(11)17(22-3)16(14)21-2/h7,12-13H,4-6,8-10,18H2,1-3H3. The zero-order valence-corrected chi connectivity index (χ0v) is 14.1. The first-order valence-corrected chi connectivity index (χ1v) is 8.10. The number of rotatable bonds is 6. The molecule has 6 heteroatoms. The van der Waals surface area contributed by atoms with Crippen LogP contribution in [0.5, 0.6) is 17.2 Å². The van der Waals surface area contributed by atoms with E-state index < -0.39 is 0 Å². The molecule has 0 spiro atoms. The summed E-state index contributed by atoms with van der Waals surface area (Å²) >= 11 is 0. The molecule has 2 aliphatic heterocycles. The topological polar surface area (TPSA) is 66.2 Å². The molecule has 6 nitrogen and oxygen atoms in total. The molecule has 23 heavy (non-hydrogen) atoms. The van der Waals surface area contributed by atoms with Crippen molar-refractivity contribution in [3.8, 4) is 17.2 Å². The Balaban J connectivity index is 1.96. The largest absolute Gasteiger partial charge is 0.493 e. The summed E-state index contributed by atoms with van der Waals surface area (Å²) in [5, 5.41) is 0. The van der Waals surface area contributed by atoms with Gasteiger partial charge in [-0.15, -0.1) is 0 Å². The van der Waals surface area contributed by atoms with Gasteiger partial charge in [-0.1, -0.05) is 0 Å². The minimum atomic E-state index is 0.115. The number of fused-ring (bicyclic) bond motifs is 1. The van der Waals surface area contributed by atoms with Gasteiger partial charge in [0.15, 0.2) is 11.5 Å². The van der Waals surface area contributed by atoms with Gasteiger partial charge < -0.3 is 24.7 Å². The Morgan fingerprint density at radius 1 is 1.22 bits per heavy atom. The van der Waals surface area contributed by atoms with Gasteiger partial charge in [-0.25, -0.2) is 0 Å². The molecular weight excluding hydrogens is 296 g/mol. The lowest BCUT2D eigenvalue weighted by atomic mass is 10.0. The molecule has 2 aliphatic rings. The van der Waals surface area contributed by atoms with Crippen molar-refractivity contribution in [2.45, 2.75) is 31.5 Å². The number of benzene rings is 1. The maximum absolute atomic E-state index is 6.09. The third-order valence-corrected chi connectivity index (χ3v) is 4.79. The third-order valence-electron chi connectivity index (χ3n) is 4.79. The first-order chi connectivity index (χ1) is 11.2. The fourth-order valence-corrected chi connectivity index (χ4v) is 3.75. The number of nitrogens with zero attached hydrogens (tertiary/aromatic N) is 1. The molecule has 1 aromatic rings. The van der Waals surface area contributed by atoms with Gasteiger partial charge in [0, 0.05) is 31.8 Å². The summed E-state index contributed by atoms with van der Waals surface area (Å²) in [4.78, 5) is 2.38. The maximum Gasteiger partial charge on any atom is 0.203 e. The molecule has 0 aromatic heterocycles. The lowest BCUT2D eigenvalue weighted by Crippen LogP contribution is -2.34. The van der Waals surface area contributed by atoms with Crippen molar-refractivity contribution in [1.82, 2.24) is 4.90 Å². The fourth-order valence-electron chi connectivity index (χ4n) is 3.75. The molecule has 3 rings (SSSR count). The van der Waals surface area contributed by atoms with Crippen molar-refractivity contribution >= 4 is 0 Å². The van der Waals surface area contributed by atoms with Gasteiger partial charge in [0.2, 0.25) is 5.75 Å². The summed E-state index contributed by atoms with van der Waals surface area (Å²) < 4.78 is 22.4. The summed E-state index contributed by atoms with van der Waals surface area (Å²) in [5.74, 6) is 2.05. The third kappa shape index (κ3) is 2.86. The maximum atomic E-state index is 6.09. The Morgan fingerprint density at radius 2 is 2.00 bits per heavy atom. The zero-order valence-electron chi connectivity index (χ0n) is 14.1. The van der Waals surface area contributed by atoms with Gasteiger partial charge in [0.05, 0.1) is 33.5 Å². The van der Waals surface area contributed by atoms with E-state index in [2.05, 4.69) is 4.90 Å². The smallest absolute Gasteiger partial charge is 0.203 e. The highest BCUT2D eigenvalue weighted by Crippen LogP contribution is 2.49. The molecule has 2 N–H and O–H groups in total. The SMILES string of the molecule is COc1cc2c(c(OC)c1OC)C(CN)N(CC1CCCO1)C2. The average Bonchev–Trinajstić information content (AvgIpc) is 3.20. The number of hydrogen-bond acceptors (Lipinski definition) is 6. The second-order valence-corrected chi connectivity index (χ2v) is 6.03. The van der Waals surface area contributed by atoms with E-state index in [1.54, 1.807) is 21.3 Å². The van der Waals surface area contributed by atoms with Crippen LogP contribution in [-0.4, -0.2) is 52.0 Å². The number of ether oxygens (including phenoxy) is 4. The van der Waals surface area contributed by atoms with Crippen molar-refractivity contribution in [3.63, 3.8) is 0 Å².